The van der Waals surface area contributed by atoms with E-state index in [9.17, 15) is 9.59 Å². The molecule has 1 saturated heterocycles. The molecule has 1 fully saturated rings. The van der Waals surface area contributed by atoms with E-state index >= 15 is 0 Å². The molecule has 4 nitrogen and oxygen atoms in total. The number of fused-ring (bicyclic) bond motifs is 2. The smallest absolute Gasteiger partial charge is 0.339 e. The Morgan fingerprint density at radius 2 is 1.86 bits per heavy atom. The van der Waals surface area contributed by atoms with Crippen molar-refractivity contribution in [3.63, 3.8) is 0 Å². The molecule has 3 rings (SSSR count). The Hall–Kier alpha value is -1.84. The maximum Gasteiger partial charge on any atom is 0.339 e. The van der Waals surface area contributed by atoms with Crippen molar-refractivity contribution >= 4 is 11.9 Å². The van der Waals surface area contributed by atoms with Gasteiger partial charge in [-0.05, 0) is 18.9 Å². The van der Waals surface area contributed by atoms with E-state index in [0.717, 1.165) is 18.4 Å². The van der Waals surface area contributed by atoms with E-state index in [4.69, 9.17) is 4.74 Å². The molecule has 0 aromatic heterocycles. The number of ether oxygens (including phenoxy) is 1. The Bertz CT molecular complexity index is 584. The molecule has 1 amide bonds. The summed E-state index contributed by atoms with van der Waals surface area (Å²) >= 11 is 0. The van der Waals surface area contributed by atoms with Gasteiger partial charge in [0, 0.05) is 37.4 Å². The van der Waals surface area contributed by atoms with Gasteiger partial charge in [-0.1, -0.05) is 32.0 Å². The van der Waals surface area contributed by atoms with Gasteiger partial charge in [0.1, 0.15) is 5.60 Å². The van der Waals surface area contributed by atoms with Crippen LogP contribution in [0.3, 0.4) is 0 Å². The van der Waals surface area contributed by atoms with Gasteiger partial charge in [-0.2, -0.15) is 0 Å². The predicted octanol–water partition coefficient (Wildman–Crippen LogP) is 3.11. The van der Waals surface area contributed by atoms with Crippen molar-refractivity contribution in [3.8, 4) is 0 Å². The van der Waals surface area contributed by atoms with Gasteiger partial charge in [0.25, 0.3) is 0 Å². The Morgan fingerprint density at radius 3 is 2.50 bits per heavy atom. The molecule has 1 aromatic rings. The third-order valence-electron chi connectivity index (χ3n) is 5.14. The fraction of sp³-hybridized carbons (Fsp3) is 0.556. The Kier molecular flexibility index (Phi) is 3.94. The van der Waals surface area contributed by atoms with Gasteiger partial charge in [-0.25, -0.2) is 4.79 Å². The Balaban J connectivity index is 1.75. The highest BCUT2D eigenvalue weighted by Gasteiger charge is 2.47. The number of carbonyl (C=O) groups is 2. The molecule has 0 bridgehead atoms. The summed E-state index contributed by atoms with van der Waals surface area (Å²) in [6.07, 6.45) is 3.16. The van der Waals surface area contributed by atoms with E-state index in [1.54, 1.807) is 0 Å². The number of piperidine rings is 1. The van der Waals surface area contributed by atoms with E-state index < -0.39 is 5.60 Å². The van der Waals surface area contributed by atoms with Crippen LogP contribution in [0.2, 0.25) is 0 Å². The summed E-state index contributed by atoms with van der Waals surface area (Å²) in [5.74, 6) is 0.139. The van der Waals surface area contributed by atoms with Crippen LogP contribution >= 0.6 is 0 Å². The van der Waals surface area contributed by atoms with Crippen molar-refractivity contribution in [2.75, 3.05) is 13.1 Å². The summed E-state index contributed by atoms with van der Waals surface area (Å²) in [7, 11) is 0. The Morgan fingerprint density at radius 1 is 1.23 bits per heavy atom. The van der Waals surface area contributed by atoms with Crippen molar-refractivity contribution in [3.05, 3.63) is 35.4 Å². The van der Waals surface area contributed by atoms with Gasteiger partial charge in [-0.15, -0.1) is 0 Å². The van der Waals surface area contributed by atoms with Gasteiger partial charge in [0.15, 0.2) is 0 Å². The second kappa shape index (κ2) is 5.75. The van der Waals surface area contributed by atoms with E-state index in [0.29, 0.717) is 31.5 Å². The van der Waals surface area contributed by atoms with Crippen LogP contribution in [0.15, 0.2) is 24.3 Å². The molecule has 0 aliphatic carbocycles. The van der Waals surface area contributed by atoms with Crippen LogP contribution < -0.4 is 0 Å². The number of hydrogen-bond donors (Lipinski definition) is 0. The van der Waals surface area contributed by atoms with Crippen LogP contribution in [0, 0.1) is 5.92 Å². The molecule has 0 unspecified atom stereocenters. The first-order valence-corrected chi connectivity index (χ1v) is 8.23. The largest absolute Gasteiger partial charge is 0.450 e. The summed E-state index contributed by atoms with van der Waals surface area (Å²) < 4.78 is 5.72. The minimum Gasteiger partial charge on any atom is -0.450 e. The fourth-order valence-electron chi connectivity index (χ4n) is 3.70. The SMILES string of the molecule is CCC(CC)C(=O)N1CCC2(CC1)OC(=O)c1ccccc12. The average Bonchev–Trinajstić information content (AvgIpc) is 2.82. The zero-order valence-corrected chi connectivity index (χ0v) is 13.3. The molecular formula is C18H23NO3. The lowest BCUT2D eigenvalue weighted by Crippen LogP contribution is -2.47. The number of hydrogen-bond acceptors (Lipinski definition) is 3. The second-order valence-electron chi connectivity index (χ2n) is 6.27. The molecule has 0 radical (unpaired) electrons. The van der Waals surface area contributed by atoms with Gasteiger partial charge in [-0.3, -0.25) is 4.79 Å². The minimum absolute atomic E-state index is 0.118. The molecule has 0 saturated carbocycles. The standard InChI is InChI=1S/C18H23NO3/c1-3-13(4-2)16(20)19-11-9-18(10-12-19)15-8-6-5-7-14(15)17(21)22-18/h5-8,13H,3-4,9-12H2,1-2H3. The highest BCUT2D eigenvalue weighted by atomic mass is 16.6. The van der Waals surface area contributed by atoms with E-state index in [1.807, 2.05) is 29.2 Å². The van der Waals surface area contributed by atoms with Crippen molar-refractivity contribution in [2.24, 2.45) is 5.92 Å². The molecule has 4 heteroatoms. The maximum absolute atomic E-state index is 12.5. The first-order chi connectivity index (χ1) is 10.6. The monoisotopic (exact) mass is 301 g/mol. The zero-order chi connectivity index (χ0) is 15.7. The van der Waals surface area contributed by atoms with Crippen molar-refractivity contribution in [2.45, 2.75) is 45.1 Å². The third kappa shape index (κ3) is 2.31. The molecule has 22 heavy (non-hydrogen) atoms. The van der Waals surface area contributed by atoms with Crippen LogP contribution in [-0.4, -0.2) is 29.9 Å². The summed E-state index contributed by atoms with van der Waals surface area (Å²) in [6, 6.07) is 7.63. The minimum atomic E-state index is -0.515. The lowest BCUT2D eigenvalue weighted by molar-refractivity contribution is -0.140. The van der Waals surface area contributed by atoms with Crippen LogP contribution in [-0.2, 0) is 15.1 Å². The zero-order valence-electron chi connectivity index (χ0n) is 13.3. The first-order valence-electron chi connectivity index (χ1n) is 8.23. The van der Waals surface area contributed by atoms with E-state index in [-0.39, 0.29) is 17.8 Å². The van der Waals surface area contributed by atoms with E-state index in [1.165, 1.54) is 0 Å². The third-order valence-corrected chi connectivity index (χ3v) is 5.14. The predicted molar refractivity (Wildman–Crippen MR) is 83.4 cm³/mol. The quantitative estimate of drug-likeness (QED) is 0.806. The average molecular weight is 301 g/mol. The van der Waals surface area contributed by atoms with Gasteiger partial charge in [0.2, 0.25) is 5.91 Å². The highest BCUT2D eigenvalue weighted by molar-refractivity contribution is 5.94. The first kappa shape index (κ1) is 15.1. The van der Waals surface area contributed by atoms with Crippen molar-refractivity contribution in [1.82, 2.24) is 4.90 Å². The molecular weight excluding hydrogens is 278 g/mol. The van der Waals surface area contributed by atoms with E-state index in [2.05, 4.69) is 13.8 Å². The molecule has 1 aromatic carbocycles. The van der Waals surface area contributed by atoms with Crippen molar-refractivity contribution in [1.29, 1.82) is 0 Å². The number of amides is 1. The molecule has 0 N–H and O–H groups in total. The number of benzene rings is 1. The number of esters is 1. The molecule has 0 atom stereocenters. The summed E-state index contributed by atoms with van der Waals surface area (Å²) in [5.41, 5.74) is 1.16. The fourth-order valence-corrected chi connectivity index (χ4v) is 3.70. The van der Waals surface area contributed by atoms with Crippen molar-refractivity contribution < 1.29 is 14.3 Å². The summed E-state index contributed by atoms with van der Waals surface area (Å²) in [6.45, 7) is 5.45. The maximum atomic E-state index is 12.5. The number of likely N-dealkylation sites (tertiary alicyclic amines) is 1. The second-order valence-corrected chi connectivity index (χ2v) is 6.27. The normalized spacial score (nSPS) is 19.4. The molecule has 2 heterocycles. The molecule has 2 aliphatic heterocycles. The van der Waals surface area contributed by atoms with Gasteiger partial charge in [0.05, 0.1) is 5.56 Å². The molecule has 1 spiro atoms. The van der Waals surface area contributed by atoms with Crippen LogP contribution in [0.1, 0.15) is 55.5 Å². The summed E-state index contributed by atoms with van der Waals surface area (Å²) in [5, 5.41) is 0. The van der Waals surface area contributed by atoms with Crippen LogP contribution in [0.4, 0.5) is 0 Å². The number of carbonyl (C=O) groups excluding carboxylic acids is 2. The lowest BCUT2D eigenvalue weighted by Gasteiger charge is -2.39. The topological polar surface area (TPSA) is 46.6 Å². The molecule has 118 valence electrons. The Labute approximate surface area is 131 Å². The highest BCUT2D eigenvalue weighted by Crippen LogP contribution is 2.44. The number of nitrogens with zero attached hydrogens (tertiary/aromatic N) is 1. The van der Waals surface area contributed by atoms with Gasteiger partial charge < -0.3 is 9.64 Å². The van der Waals surface area contributed by atoms with Crippen LogP contribution in [0.5, 0.6) is 0 Å². The lowest BCUT2D eigenvalue weighted by atomic mass is 9.83. The summed E-state index contributed by atoms with van der Waals surface area (Å²) in [4.78, 5) is 26.5. The molecule has 2 aliphatic rings. The van der Waals surface area contributed by atoms with Crippen LogP contribution in [0.25, 0.3) is 0 Å². The van der Waals surface area contributed by atoms with Gasteiger partial charge >= 0.3 is 5.97 Å². The number of rotatable bonds is 3.